The van der Waals surface area contributed by atoms with Gasteiger partial charge in [0, 0.05) is 196 Å². The molecule has 4 atom stereocenters. The SMILES string of the molecule is O=CCN1CCN(CC=O)CCN(C(C=O)CCC(=O)NCCN(C[C@H](Cc2ccc(N=C=S)cc2)NC(=O)CC[C@@H](C(=O)O)N2CCN(CC=O)CCN(CC(=O)O)CCN(CC(=O)O)CC2)C(=O)CCC(C(=O)O)N2CCN(CC=O)CCN(CC=O)CCN(CC(=O)O)CC2)CCN(CC(=O)O)CC1. The molecule has 0 spiro atoms. The van der Waals surface area contributed by atoms with Gasteiger partial charge in [0.05, 0.1) is 81.8 Å². The minimum absolute atomic E-state index is 0.00354. The molecule has 3 amide bonds. The van der Waals surface area contributed by atoms with Crippen LogP contribution in [0.25, 0.3) is 0 Å². The van der Waals surface area contributed by atoms with E-state index in [4.69, 9.17) is 12.2 Å². The Kier molecular flexibility index (Phi) is 44.3. The number of thiocarbonyl (C=S) groups is 1. The van der Waals surface area contributed by atoms with Crippen LogP contribution >= 0.6 is 12.2 Å². The van der Waals surface area contributed by atoms with Gasteiger partial charge in [-0.15, -0.1) is 0 Å². The van der Waals surface area contributed by atoms with Gasteiger partial charge in [0.1, 0.15) is 49.8 Å². The van der Waals surface area contributed by atoms with E-state index in [0.717, 1.165) is 18.9 Å². The van der Waals surface area contributed by atoms with E-state index in [1.807, 2.05) is 19.6 Å². The number of aliphatic imine (C=N–C) groups is 1. The van der Waals surface area contributed by atoms with E-state index < -0.39 is 104 Å². The van der Waals surface area contributed by atoms with E-state index in [1.54, 1.807) is 63.5 Å². The average molecular weight is 1530 g/mol. The average Bonchev–Trinajstić information content (AvgIpc) is 0.871. The first-order valence-corrected chi connectivity index (χ1v) is 36.5. The van der Waals surface area contributed by atoms with Gasteiger partial charge in [-0.05, 0) is 55.6 Å². The Balaban J connectivity index is 1.71. The van der Waals surface area contributed by atoms with Crippen molar-refractivity contribution in [3.63, 3.8) is 0 Å². The minimum Gasteiger partial charge on any atom is -0.480 e. The molecule has 4 rings (SSSR count). The molecule has 0 aromatic heterocycles. The predicted molar refractivity (Wildman–Crippen MR) is 390 cm³/mol. The Morgan fingerprint density at radius 3 is 1.10 bits per heavy atom. The lowest BCUT2D eigenvalue weighted by molar-refractivity contribution is -0.145. The second-order valence-corrected chi connectivity index (χ2v) is 26.9. The number of nitrogens with zero attached hydrogens (tertiary/aromatic N) is 14. The van der Waals surface area contributed by atoms with E-state index in [2.05, 4.69) is 20.8 Å². The summed E-state index contributed by atoms with van der Waals surface area (Å²) in [5.41, 5.74) is 1.06. The molecular formula is C69H108N16O21S. The number of carbonyl (C=O) groups is 15. The Morgan fingerprint density at radius 2 is 0.766 bits per heavy atom. The molecule has 3 saturated heterocycles. The van der Waals surface area contributed by atoms with Gasteiger partial charge in [-0.3, -0.25) is 102 Å². The third-order valence-corrected chi connectivity index (χ3v) is 19.3. The van der Waals surface area contributed by atoms with E-state index in [1.165, 1.54) is 4.90 Å². The van der Waals surface area contributed by atoms with Crippen LogP contribution in [0.5, 0.6) is 0 Å². The number of benzene rings is 1. The first kappa shape index (κ1) is 91.2. The molecule has 3 fully saturated rings. The van der Waals surface area contributed by atoms with E-state index in [0.29, 0.717) is 69.4 Å². The normalized spacial score (nSPS) is 19.0. The number of aliphatic carboxylic acids is 6. The summed E-state index contributed by atoms with van der Waals surface area (Å²) in [6.45, 7) is 2.49. The third-order valence-electron chi connectivity index (χ3n) is 19.2. The predicted octanol–water partition coefficient (Wildman–Crippen LogP) is -4.79. The Hall–Kier alpha value is -8.21. The van der Waals surface area contributed by atoms with Gasteiger partial charge in [-0.1, -0.05) is 12.1 Å². The van der Waals surface area contributed by atoms with Crippen molar-refractivity contribution in [1.82, 2.24) is 74.3 Å². The highest BCUT2D eigenvalue weighted by atomic mass is 32.1. The summed E-state index contributed by atoms with van der Waals surface area (Å²) in [4.78, 5) is 216. The fraction of sp³-hybridized carbons (Fsp3) is 0.681. The molecule has 0 saturated carbocycles. The van der Waals surface area contributed by atoms with Gasteiger partial charge in [0.2, 0.25) is 17.7 Å². The van der Waals surface area contributed by atoms with Gasteiger partial charge < -0.3 is 74.9 Å². The van der Waals surface area contributed by atoms with Crippen LogP contribution in [0.4, 0.5) is 5.69 Å². The molecule has 1 aromatic carbocycles. The standard InChI is InChI=1S/C69H108N16O21S/c86-42-37-73-13-15-75(39-44-88)25-31-82(32-28-79(21-17-73)50-65(97)98)58(53-91)5-8-61(92)70-11-12-85(63(94)10-7-60(69(105)106)84-34-26-76(40-45-89)16-14-74(38-43-87)18-22-80(29-36-84)51-66(99)100)48-57(47-55-1-3-56(4-2-55)71-54-107)72-62(93)9-6-59(68(103)104)83-33-27-77(41-46-90)19-20-78(49-64(95)96)23-24-81(30-35-83)52-67(101)102/h1-4,42-46,53,57-60H,5-41,47-52H2,(H,70,92)(H,72,93)(H,95,96)(H,97,98)(H,99,100)(H,101,102)(H,103,104)(H,105,106)/t57-,58?,59-,60?/m0/s1. The first-order chi connectivity index (χ1) is 51.4. The fourth-order valence-corrected chi connectivity index (χ4v) is 13.3. The van der Waals surface area contributed by atoms with Crippen LogP contribution in [0.2, 0.25) is 0 Å². The summed E-state index contributed by atoms with van der Waals surface area (Å²) in [5.74, 6) is -8.94. The van der Waals surface area contributed by atoms with Crippen molar-refractivity contribution in [2.24, 2.45) is 4.99 Å². The molecular weight excluding hydrogens is 1420 g/mol. The van der Waals surface area contributed by atoms with Crippen molar-refractivity contribution in [3.8, 4) is 0 Å². The Bertz CT molecular complexity index is 3070. The van der Waals surface area contributed by atoms with Crippen molar-refractivity contribution in [2.75, 3.05) is 236 Å². The van der Waals surface area contributed by atoms with Crippen LogP contribution in [0.15, 0.2) is 29.3 Å². The van der Waals surface area contributed by atoms with Gasteiger partial charge in [-0.25, -0.2) is 0 Å². The number of aldehydes is 6. The van der Waals surface area contributed by atoms with Gasteiger partial charge in [0.25, 0.3) is 0 Å². The third kappa shape index (κ3) is 37.4. The quantitative estimate of drug-likeness (QED) is 0.0173. The molecule has 0 bridgehead atoms. The number of rotatable bonds is 42. The van der Waals surface area contributed by atoms with Crippen LogP contribution in [0.3, 0.4) is 0 Å². The first-order valence-electron chi connectivity index (χ1n) is 36.1. The second-order valence-electron chi connectivity index (χ2n) is 26.7. The highest BCUT2D eigenvalue weighted by molar-refractivity contribution is 7.78. The summed E-state index contributed by atoms with van der Waals surface area (Å²) in [6.07, 6.45) is 2.64. The van der Waals surface area contributed by atoms with E-state index in [9.17, 15) is 97.8 Å². The fourth-order valence-electron chi connectivity index (χ4n) is 13.2. The molecule has 8 N–H and O–H groups in total. The molecule has 37 nitrogen and oxygen atoms in total. The lowest BCUT2D eigenvalue weighted by Crippen LogP contribution is -2.52. The number of nitrogens with one attached hydrogen (secondary N) is 2. The number of hydrogen-bond acceptors (Lipinski definition) is 29. The molecule has 0 aliphatic carbocycles. The zero-order chi connectivity index (χ0) is 78.5. The minimum atomic E-state index is -1.36. The van der Waals surface area contributed by atoms with Crippen LogP contribution in [0, 0.1) is 0 Å². The summed E-state index contributed by atoms with van der Waals surface area (Å²) in [7, 11) is 0. The monoisotopic (exact) mass is 1530 g/mol. The largest absolute Gasteiger partial charge is 0.480 e. The lowest BCUT2D eigenvalue weighted by Gasteiger charge is -2.35. The zero-order valence-corrected chi connectivity index (χ0v) is 61.8. The van der Waals surface area contributed by atoms with Crippen molar-refractivity contribution >= 4 is 114 Å². The summed E-state index contributed by atoms with van der Waals surface area (Å²) < 4.78 is 0. The topological polar surface area (TPSA) is 456 Å². The maximum atomic E-state index is 15.1. The van der Waals surface area contributed by atoms with Gasteiger partial charge in [0.15, 0.2) is 0 Å². The van der Waals surface area contributed by atoms with Gasteiger partial charge in [-0.2, -0.15) is 4.99 Å². The highest BCUT2D eigenvalue weighted by Crippen LogP contribution is 2.19. The number of carboxylic acid groups (broad SMARTS) is 6. The van der Waals surface area contributed by atoms with Crippen molar-refractivity contribution in [1.29, 1.82) is 0 Å². The summed E-state index contributed by atoms with van der Waals surface area (Å²) in [5, 5.41) is 69.1. The van der Waals surface area contributed by atoms with Crippen LogP contribution in [0.1, 0.15) is 44.1 Å². The van der Waals surface area contributed by atoms with Crippen LogP contribution < -0.4 is 10.6 Å². The molecule has 2 unspecified atom stereocenters. The zero-order valence-electron chi connectivity index (χ0n) is 61.0. The number of hydrogen-bond donors (Lipinski definition) is 8. The molecule has 1 aromatic rings. The molecule has 3 heterocycles. The smallest absolute Gasteiger partial charge is 0.320 e. The van der Waals surface area contributed by atoms with Crippen molar-refractivity contribution < 1.29 is 103 Å². The second kappa shape index (κ2) is 52.0. The molecule has 3 aliphatic heterocycles. The molecule has 38 heteroatoms. The van der Waals surface area contributed by atoms with Crippen molar-refractivity contribution in [2.45, 2.75) is 69.1 Å². The maximum Gasteiger partial charge on any atom is 0.320 e. The number of isothiocyanates is 1. The number of carboxylic acids is 6. The number of amides is 3. The molecule has 3 aliphatic rings. The highest BCUT2D eigenvalue weighted by Gasteiger charge is 2.33. The lowest BCUT2D eigenvalue weighted by atomic mass is 10.0. The van der Waals surface area contributed by atoms with Crippen LogP contribution in [-0.4, -0.2) is 451 Å². The summed E-state index contributed by atoms with van der Waals surface area (Å²) >= 11 is 4.82. The molecule has 596 valence electrons. The van der Waals surface area contributed by atoms with Crippen LogP contribution in [-0.2, 0) is 78.3 Å². The summed E-state index contributed by atoms with van der Waals surface area (Å²) in [6, 6.07) is 2.14. The maximum absolute atomic E-state index is 15.1. The molecule has 0 radical (unpaired) electrons. The van der Waals surface area contributed by atoms with Gasteiger partial charge >= 0.3 is 35.8 Å². The van der Waals surface area contributed by atoms with E-state index >= 15 is 4.79 Å². The number of carbonyl (C=O) groups excluding carboxylic acids is 9. The van der Waals surface area contributed by atoms with Crippen molar-refractivity contribution in [3.05, 3.63) is 29.8 Å². The Morgan fingerprint density at radius 1 is 0.439 bits per heavy atom. The van der Waals surface area contributed by atoms with E-state index in [-0.39, 0.29) is 215 Å². The Labute approximate surface area is 628 Å². The molecule has 107 heavy (non-hydrogen) atoms.